The molecule has 5 rings (SSSR count). The highest BCUT2D eigenvalue weighted by atomic mass is 32.2. The van der Waals surface area contributed by atoms with E-state index in [2.05, 4.69) is 35.2 Å². The fraction of sp³-hybridized carbons (Fsp3) is 0.536. The highest BCUT2D eigenvalue weighted by Gasteiger charge is 2.41. The molecule has 8 nitrogen and oxygen atoms in total. The third-order valence-corrected chi connectivity index (χ3v) is 9.94. The molecule has 2 aromatic carbocycles. The largest absolute Gasteiger partial charge is 0.484 e. The first-order valence-electron chi connectivity index (χ1n) is 13.4. The van der Waals surface area contributed by atoms with E-state index in [1.807, 2.05) is 4.90 Å². The molecule has 0 N–H and O–H groups in total. The lowest BCUT2D eigenvalue weighted by Crippen LogP contribution is -2.57. The third-order valence-electron chi connectivity index (χ3n) is 8.02. The summed E-state index contributed by atoms with van der Waals surface area (Å²) < 4.78 is 38.0. The van der Waals surface area contributed by atoms with E-state index in [9.17, 15) is 13.2 Å². The van der Waals surface area contributed by atoms with Crippen LogP contribution in [-0.2, 0) is 25.1 Å². The Hall–Kier alpha value is -2.46. The van der Waals surface area contributed by atoms with Gasteiger partial charge < -0.3 is 14.4 Å². The predicted molar refractivity (Wildman–Crippen MR) is 141 cm³/mol. The van der Waals surface area contributed by atoms with Gasteiger partial charge >= 0.3 is 0 Å². The van der Waals surface area contributed by atoms with Crippen molar-refractivity contribution in [2.45, 2.75) is 42.5 Å². The van der Waals surface area contributed by atoms with Crippen LogP contribution in [0.1, 0.15) is 37.7 Å². The molecule has 1 amide bonds. The maximum atomic E-state index is 12.9. The summed E-state index contributed by atoms with van der Waals surface area (Å²) in [5.74, 6) is 0.445. The number of nitrogens with zero attached hydrogens (tertiary/aromatic N) is 3. The first-order chi connectivity index (χ1) is 18.0. The van der Waals surface area contributed by atoms with Crippen molar-refractivity contribution in [1.82, 2.24) is 14.1 Å². The van der Waals surface area contributed by atoms with Crippen LogP contribution in [0.4, 0.5) is 0 Å². The standard InChI is InChI=1S/C28H37N3O5S/c32-27(23-36-25-9-11-26(12-10-25)37(33,34)31-19-21-35-22-20-31)29-15-17-30(18-16-29)28(13-5-2-6-14-28)24-7-3-1-4-8-24/h1,3-4,7-12H,2,5-6,13-23H2. The summed E-state index contributed by atoms with van der Waals surface area (Å²) in [6.07, 6.45) is 6.13. The molecule has 3 aliphatic rings. The van der Waals surface area contributed by atoms with Gasteiger partial charge in [0.2, 0.25) is 10.0 Å². The Balaban J connectivity index is 1.14. The highest BCUT2D eigenvalue weighted by Crippen LogP contribution is 2.42. The quantitative estimate of drug-likeness (QED) is 0.551. The zero-order valence-electron chi connectivity index (χ0n) is 21.4. The minimum absolute atomic E-state index is 0.0397. The van der Waals surface area contributed by atoms with Crippen molar-refractivity contribution in [2.75, 3.05) is 59.1 Å². The minimum atomic E-state index is -3.55. The molecule has 3 fully saturated rings. The first kappa shape index (κ1) is 26.2. The van der Waals surface area contributed by atoms with E-state index in [4.69, 9.17) is 9.47 Å². The molecule has 2 aromatic rings. The Morgan fingerprint density at radius 1 is 0.838 bits per heavy atom. The van der Waals surface area contributed by atoms with Gasteiger partial charge in [0.05, 0.1) is 18.1 Å². The number of piperazine rings is 1. The summed E-state index contributed by atoms with van der Waals surface area (Å²) in [5, 5.41) is 0. The minimum Gasteiger partial charge on any atom is -0.484 e. The van der Waals surface area contributed by atoms with E-state index in [1.165, 1.54) is 54.1 Å². The SMILES string of the molecule is O=C(COc1ccc(S(=O)(=O)N2CCOCC2)cc1)N1CCN(C2(c3ccccc3)CCCCC2)CC1. The van der Waals surface area contributed by atoms with Crippen LogP contribution >= 0.6 is 0 Å². The van der Waals surface area contributed by atoms with Gasteiger partial charge in [-0.25, -0.2) is 8.42 Å². The molecule has 1 saturated carbocycles. The van der Waals surface area contributed by atoms with E-state index in [1.54, 1.807) is 12.1 Å². The van der Waals surface area contributed by atoms with Crippen LogP contribution in [0.15, 0.2) is 59.5 Å². The van der Waals surface area contributed by atoms with Crippen LogP contribution in [0.25, 0.3) is 0 Å². The van der Waals surface area contributed by atoms with Gasteiger partial charge in [0.15, 0.2) is 6.61 Å². The summed E-state index contributed by atoms with van der Waals surface area (Å²) in [5.41, 5.74) is 1.48. The van der Waals surface area contributed by atoms with Gasteiger partial charge in [-0.05, 0) is 42.7 Å². The summed E-state index contributed by atoms with van der Waals surface area (Å²) >= 11 is 0. The zero-order chi connectivity index (χ0) is 25.7. The number of hydrogen-bond donors (Lipinski definition) is 0. The van der Waals surface area contributed by atoms with E-state index >= 15 is 0 Å². The normalized spacial score (nSPS) is 21.5. The molecule has 0 aromatic heterocycles. The highest BCUT2D eigenvalue weighted by molar-refractivity contribution is 7.89. The zero-order valence-corrected chi connectivity index (χ0v) is 22.2. The number of carbonyl (C=O) groups is 1. The van der Waals surface area contributed by atoms with Crippen LogP contribution in [0.3, 0.4) is 0 Å². The Labute approximate surface area is 220 Å². The first-order valence-corrected chi connectivity index (χ1v) is 14.8. The molecule has 0 atom stereocenters. The third kappa shape index (κ3) is 5.70. The number of carbonyl (C=O) groups excluding carboxylic acids is 1. The van der Waals surface area contributed by atoms with Crippen LogP contribution in [-0.4, -0.2) is 87.5 Å². The Morgan fingerprint density at radius 2 is 1.49 bits per heavy atom. The lowest BCUT2D eigenvalue weighted by Gasteiger charge is -2.50. The number of sulfonamides is 1. The molecule has 200 valence electrons. The van der Waals surface area contributed by atoms with Crippen molar-refractivity contribution in [2.24, 2.45) is 0 Å². The van der Waals surface area contributed by atoms with Gasteiger partial charge in [0.25, 0.3) is 5.91 Å². The number of benzene rings is 2. The van der Waals surface area contributed by atoms with Crippen molar-refractivity contribution >= 4 is 15.9 Å². The molecule has 2 heterocycles. The second kappa shape index (κ2) is 11.5. The number of morpholine rings is 1. The van der Waals surface area contributed by atoms with E-state index in [0.717, 1.165) is 13.1 Å². The summed E-state index contributed by atoms with van der Waals surface area (Å²) in [6.45, 7) is 4.56. The van der Waals surface area contributed by atoms with E-state index in [-0.39, 0.29) is 22.9 Å². The molecule has 0 bridgehead atoms. The maximum Gasteiger partial charge on any atom is 0.260 e. The second-order valence-electron chi connectivity index (χ2n) is 10.1. The topological polar surface area (TPSA) is 79.4 Å². The molecule has 37 heavy (non-hydrogen) atoms. The summed E-state index contributed by atoms with van der Waals surface area (Å²) in [4.78, 5) is 17.6. The van der Waals surface area contributed by atoms with E-state index in [0.29, 0.717) is 45.1 Å². The summed E-state index contributed by atoms with van der Waals surface area (Å²) in [7, 11) is -3.55. The lowest BCUT2D eigenvalue weighted by atomic mass is 9.75. The summed E-state index contributed by atoms with van der Waals surface area (Å²) in [6, 6.07) is 17.2. The number of hydrogen-bond acceptors (Lipinski definition) is 6. The van der Waals surface area contributed by atoms with Crippen LogP contribution < -0.4 is 4.74 Å². The van der Waals surface area contributed by atoms with Crippen LogP contribution in [0, 0.1) is 0 Å². The van der Waals surface area contributed by atoms with Crippen molar-refractivity contribution in [3.8, 4) is 5.75 Å². The van der Waals surface area contributed by atoms with E-state index < -0.39 is 10.0 Å². The molecule has 2 saturated heterocycles. The monoisotopic (exact) mass is 527 g/mol. The average Bonchev–Trinajstić information content (AvgIpc) is 2.97. The van der Waals surface area contributed by atoms with Crippen molar-refractivity contribution in [1.29, 1.82) is 0 Å². The second-order valence-corrected chi connectivity index (χ2v) is 12.0. The molecule has 0 spiro atoms. The molecule has 0 radical (unpaired) electrons. The molecular formula is C28H37N3O5S. The van der Waals surface area contributed by atoms with Crippen molar-refractivity contribution in [3.63, 3.8) is 0 Å². The Morgan fingerprint density at radius 3 is 2.14 bits per heavy atom. The fourth-order valence-corrected chi connectivity index (χ4v) is 7.34. The molecule has 2 aliphatic heterocycles. The predicted octanol–water partition coefficient (Wildman–Crippen LogP) is 3.09. The van der Waals surface area contributed by atoms with Gasteiger partial charge in [-0.1, -0.05) is 49.6 Å². The smallest absolute Gasteiger partial charge is 0.260 e. The lowest BCUT2D eigenvalue weighted by molar-refractivity contribution is -0.136. The molecular weight excluding hydrogens is 490 g/mol. The van der Waals surface area contributed by atoms with Gasteiger partial charge in [-0.3, -0.25) is 9.69 Å². The molecule has 9 heteroatoms. The maximum absolute atomic E-state index is 12.9. The van der Waals surface area contributed by atoms with Crippen LogP contribution in [0.2, 0.25) is 0 Å². The number of amides is 1. The van der Waals surface area contributed by atoms with Crippen LogP contribution in [0.5, 0.6) is 5.75 Å². The Bertz CT molecular complexity index is 1140. The van der Waals surface area contributed by atoms with Crippen molar-refractivity contribution < 1.29 is 22.7 Å². The molecule has 1 aliphatic carbocycles. The average molecular weight is 528 g/mol. The fourth-order valence-electron chi connectivity index (χ4n) is 5.94. The van der Waals surface area contributed by atoms with Crippen molar-refractivity contribution in [3.05, 3.63) is 60.2 Å². The van der Waals surface area contributed by atoms with Gasteiger partial charge in [0.1, 0.15) is 5.75 Å². The number of ether oxygens (including phenoxy) is 2. The van der Waals surface area contributed by atoms with Gasteiger partial charge in [-0.2, -0.15) is 4.31 Å². The van der Waals surface area contributed by atoms with Gasteiger partial charge in [-0.15, -0.1) is 0 Å². The molecule has 0 unspecified atom stereocenters. The Kier molecular flexibility index (Phi) is 8.14. The number of rotatable bonds is 7. The van der Waals surface area contributed by atoms with Gasteiger partial charge in [0, 0.05) is 44.8 Å².